The molecule has 1 aromatic rings. The van der Waals surface area contributed by atoms with Crippen LogP contribution in [0, 0.1) is 6.92 Å². The molecule has 0 bridgehead atoms. The summed E-state index contributed by atoms with van der Waals surface area (Å²) in [6, 6.07) is 2.02. The number of anilines is 1. The Balaban J connectivity index is 2.69. The molecule has 96 valence electrons. The summed E-state index contributed by atoms with van der Waals surface area (Å²) in [6.45, 7) is 10.7. The van der Waals surface area contributed by atoms with Crippen molar-refractivity contribution in [3.63, 3.8) is 0 Å². The van der Waals surface area contributed by atoms with Crippen LogP contribution in [0.4, 0.5) is 5.82 Å². The zero-order valence-electron chi connectivity index (χ0n) is 11.1. The average Bonchev–Trinajstić information content (AvgIpc) is 2.22. The van der Waals surface area contributed by atoms with Gasteiger partial charge in [-0.2, -0.15) is 0 Å². The Hall–Kier alpha value is -1.36. The molecule has 0 atom stereocenters. The van der Waals surface area contributed by atoms with Crippen LogP contribution in [0.5, 0.6) is 0 Å². The van der Waals surface area contributed by atoms with E-state index in [0.717, 1.165) is 25.5 Å². The lowest BCUT2D eigenvalue weighted by molar-refractivity contribution is 0.582. The van der Waals surface area contributed by atoms with Gasteiger partial charge < -0.3 is 15.2 Å². The first kappa shape index (κ1) is 13.7. The van der Waals surface area contributed by atoms with Crippen LogP contribution in [0.2, 0.25) is 0 Å². The standard InChI is InChI=1S/C12H22N4O/c1-5-16(7-6-13-9(2)3)11-8-12(17)15-10(4)14-11/h8-9,13H,5-7H2,1-4H3,(H,14,15,17). The molecule has 0 unspecified atom stereocenters. The SMILES string of the molecule is CCN(CCNC(C)C)c1cc(=O)[nH]c(C)n1. The summed E-state index contributed by atoms with van der Waals surface area (Å²) in [5.74, 6) is 1.40. The molecule has 0 aliphatic rings. The maximum absolute atomic E-state index is 11.4. The number of nitrogens with zero attached hydrogens (tertiary/aromatic N) is 2. The first-order valence-corrected chi connectivity index (χ1v) is 6.09. The lowest BCUT2D eigenvalue weighted by Gasteiger charge is -2.22. The third-order valence-electron chi connectivity index (χ3n) is 2.49. The third kappa shape index (κ3) is 4.56. The average molecular weight is 238 g/mol. The van der Waals surface area contributed by atoms with E-state index in [1.807, 2.05) is 0 Å². The number of likely N-dealkylation sites (N-methyl/N-ethyl adjacent to an activating group) is 1. The molecular formula is C12H22N4O. The molecule has 1 aromatic heterocycles. The zero-order valence-corrected chi connectivity index (χ0v) is 11.1. The number of aromatic amines is 1. The van der Waals surface area contributed by atoms with Crippen LogP contribution in [0.1, 0.15) is 26.6 Å². The van der Waals surface area contributed by atoms with Crippen LogP contribution < -0.4 is 15.8 Å². The molecule has 0 aromatic carbocycles. The van der Waals surface area contributed by atoms with Crippen LogP contribution in [0.15, 0.2) is 10.9 Å². The quantitative estimate of drug-likeness (QED) is 0.773. The van der Waals surface area contributed by atoms with Gasteiger partial charge >= 0.3 is 0 Å². The van der Waals surface area contributed by atoms with Crippen LogP contribution >= 0.6 is 0 Å². The van der Waals surface area contributed by atoms with E-state index in [9.17, 15) is 4.79 Å². The van der Waals surface area contributed by atoms with E-state index in [-0.39, 0.29) is 5.56 Å². The van der Waals surface area contributed by atoms with Crippen molar-refractivity contribution in [3.8, 4) is 0 Å². The third-order valence-corrected chi connectivity index (χ3v) is 2.49. The number of aromatic nitrogens is 2. The normalized spacial score (nSPS) is 10.9. The minimum Gasteiger partial charge on any atom is -0.355 e. The van der Waals surface area contributed by atoms with Gasteiger partial charge in [-0.25, -0.2) is 4.98 Å². The van der Waals surface area contributed by atoms with Crippen LogP contribution in [0.3, 0.4) is 0 Å². The highest BCUT2D eigenvalue weighted by Gasteiger charge is 2.07. The van der Waals surface area contributed by atoms with Crippen molar-refractivity contribution in [2.75, 3.05) is 24.5 Å². The number of H-pyrrole nitrogens is 1. The molecule has 0 aliphatic heterocycles. The van der Waals surface area contributed by atoms with Crippen molar-refractivity contribution >= 4 is 5.82 Å². The lowest BCUT2D eigenvalue weighted by atomic mass is 10.3. The Labute approximate surface area is 102 Å². The number of aryl methyl sites for hydroxylation is 1. The molecule has 5 nitrogen and oxygen atoms in total. The van der Waals surface area contributed by atoms with E-state index < -0.39 is 0 Å². The Morgan fingerprint density at radius 3 is 2.76 bits per heavy atom. The van der Waals surface area contributed by atoms with Gasteiger partial charge in [0.25, 0.3) is 5.56 Å². The minimum atomic E-state index is -0.0947. The summed E-state index contributed by atoms with van der Waals surface area (Å²) in [5, 5.41) is 3.35. The Kier molecular flexibility index (Phi) is 5.15. The van der Waals surface area contributed by atoms with Gasteiger partial charge in [0.05, 0.1) is 0 Å². The van der Waals surface area contributed by atoms with Gasteiger partial charge in [-0.05, 0) is 13.8 Å². The molecule has 1 heterocycles. The number of hydrogen-bond donors (Lipinski definition) is 2. The molecule has 0 saturated heterocycles. The largest absolute Gasteiger partial charge is 0.355 e. The summed E-state index contributed by atoms with van der Waals surface area (Å²) in [4.78, 5) is 20.5. The fourth-order valence-corrected chi connectivity index (χ4v) is 1.65. The van der Waals surface area contributed by atoms with E-state index in [4.69, 9.17) is 0 Å². The Bertz CT molecular complexity index is 400. The number of nitrogens with one attached hydrogen (secondary N) is 2. The predicted octanol–water partition coefficient (Wildman–Crippen LogP) is 0.903. The van der Waals surface area contributed by atoms with Gasteiger partial charge in [-0.15, -0.1) is 0 Å². The highest BCUT2D eigenvalue weighted by Crippen LogP contribution is 2.06. The van der Waals surface area contributed by atoms with Crippen molar-refractivity contribution in [2.24, 2.45) is 0 Å². The second kappa shape index (κ2) is 6.39. The molecule has 0 saturated carbocycles. The van der Waals surface area contributed by atoms with E-state index in [2.05, 4.69) is 41.0 Å². The maximum Gasteiger partial charge on any atom is 0.252 e. The van der Waals surface area contributed by atoms with Gasteiger partial charge in [-0.3, -0.25) is 4.79 Å². The van der Waals surface area contributed by atoms with Crippen molar-refractivity contribution in [3.05, 3.63) is 22.2 Å². The number of rotatable bonds is 6. The van der Waals surface area contributed by atoms with E-state index in [1.165, 1.54) is 0 Å². The smallest absolute Gasteiger partial charge is 0.252 e. The van der Waals surface area contributed by atoms with Crippen molar-refractivity contribution in [1.82, 2.24) is 15.3 Å². The summed E-state index contributed by atoms with van der Waals surface area (Å²) in [6.07, 6.45) is 0. The Morgan fingerprint density at radius 2 is 2.24 bits per heavy atom. The van der Waals surface area contributed by atoms with Gasteiger partial charge in [-0.1, -0.05) is 13.8 Å². The highest BCUT2D eigenvalue weighted by molar-refractivity contribution is 5.37. The van der Waals surface area contributed by atoms with E-state index in [0.29, 0.717) is 11.9 Å². The second-order valence-electron chi connectivity index (χ2n) is 4.38. The maximum atomic E-state index is 11.4. The molecule has 1 rings (SSSR count). The second-order valence-corrected chi connectivity index (χ2v) is 4.38. The molecular weight excluding hydrogens is 216 g/mol. The topological polar surface area (TPSA) is 61.0 Å². The monoisotopic (exact) mass is 238 g/mol. The van der Waals surface area contributed by atoms with Crippen LogP contribution in [-0.4, -0.2) is 35.6 Å². The van der Waals surface area contributed by atoms with E-state index in [1.54, 1.807) is 13.0 Å². The first-order chi connectivity index (χ1) is 8.02. The highest BCUT2D eigenvalue weighted by atomic mass is 16.1. The first-order valence-electron chi connectivity index (χ1n) is 6.09. The predicted molar refractivity (Wildman–Crippen MR) is 70.6 cm³/mol. The molecule has 0 radical (unpaired) electrons. The molecule has 0 amide bonds. The molecule has 0 aliphatic carbocycles. The molecule has 2 N–H and O–H groups in total. The molecule has 17 heavy (non-hydrogen) atoms. The van der Waals surface area contributed by atoms with Crippen molar-refractivity contribution < 1.29 is 0 Å². The van der Waals surface area contributed by atoms with Gasteiger partial charge in [0.2, 0.25) is 0 Å². The van der Waals surface area contributed by atoms with Gasteiger partial charge in [0, 0.05) is 31.7 Å². The van der Waals surface area contributed by atoms with Gasteiger partial charge in [0.1, 0.15) is 11.6 Å². The zero-order chi connectivity index (χ0) is 12.8. The minimum absolute atomic E-state index is 0.0947. The van der Waals surface area contributed by atoms with Crippen molar-refractivity contribution in [2.45, 2.75) is 33.7 Å². The number of hydrogen-bond acceptors (Lipinski definition) is 4. The van der Waals surface area contributed by atoms with E-state index >= 15 is 0 Å². The summed E-state index contributed by atoms with van der Waals surface area (Å²) >= 11 is 0. The van der Waals surface area contributed by atoms with Gasteiger partial charge in [0.15, 0.2) is 0 Å². The van der Waals surface area contributed by atoms with Crippen LogP contribution in [-0.2, 0) is 0 Å². The summed E-state index contributed by atoms with van der Waals surface area (Å²) < 4.78 is 0. The van der Waals surface area contributed by atoms with Crippen molar-refractivity contribution in [1.29, 1.82) is 0 Å². The molecule has 5 heteroatoms. The Morgan fingerprint density at radius 1 is 1.53 bits per heavy atom. The fraction of sp³-hybridized carbons (Fsp3) is 0.667. The lowest BCUT2D eigenvalue weighted by Crippen LogP contribution is -2.35. The van der Waals surface area contributed by atoms with Crippen LogP contribution in [0.25, 0.3) is 0 Å². The molecule has 0 fully saturated rings. The summed E-state index contributed by atoms with van der Waals surface area (Å²) in [7, 11) is 0. The summed E-state index contributed by atoms with van der Waals surface area (Å²) in [5.41, 5.74) is -0.0947. The fourth-order valence-electron chi connectivity index (χ4n) is 1.65. The molecule has 0 spiro atoms.